The summed E-state index contributed by atoms with van der Waals surface area (Å²) in [7, 11) is -4.03. The number of nitrogens with zero attached hydrogens (tertiary/aromatic N) is 1. The number of nitro benzene ring substituents is 1. The van der Waals surface area contributed by atoms with Crippen molar-refractivity contribution in [3.05, 3.63) is 62.6 Å². The molecule has 0 unspecified atom stereocenters. The lowest BCUT2D eigenvalue weighted by atomic mass is 10.2. The molecule has 0 saturated heterocycles. The van der Waals surface area contributed by atoms with Crippen molar-refractivity contribution in [3.8, 4) is 0 Å². The summed E-state index contributed by atoms with van der Waals surface area (Å²) >= 11 is 3.32. The molecule has 6 nitrogen and oxygen atoms in total. The Labute approximate surface area is 130 Å². The Kier molecular flexibility index (Phi) is 4.29. The third-order valence-corrected chi connectivity index (χ3v) is 5.08. The molecule has 110 valence electrons. The molecule has 1 N–H and O–H groups in total. The van der Waals surface area contributed by atoms with Crippen molar-refractivity contribution >= 4 is 37.3 Å². The van der Waals surface area contributed by atoms with Crippen molar-refractivity contribution in [2.45, 2.75) is 11.8 Å². The number of hydrogen-bond donors (Lipinski definition) is 1. The van der Waals surface area contributed by atoms with Gasteiger partial charge >= 0.3 is 0 Å². The quantitative estimate of drug-likeness (QED) is 0.658. The topological polar surface area (TPSA) is 89.3 Å². The first-order valence-corrected chi connectivity index (χ1v) is 8.11. The van der Waals surface area contributed by atoms with E-state index in [1.807, 2.05) is 6.92 Å². The van der Waals surface area contributed by atoms with Crippen LogP contribution in [0.4, 0.5) is 11.4 Å². The Bertz CT molecular complexity index is 806. The first-order valence-electron chi connectivity index (χ1n) is 5.83. The van der Waals surface area contributed by atoms with Crippen LogP contribution in [0.2, 0.25) is 0 Å². The van der Waals surface area contributed by atoms with Gasteiger partial charge in [0.1, 0.15) is 0 Å². The number of sulfonamides is 1. The van der Waals surface area contributed by atoms with Gasteiger partial charge in [-0.05, 0) is 36.8 Å². The smallest absolute Gasteiger partial charge is 0.279 e. The minimum atomic E-state index is -4.03. The number of anilines is 1. The number of aryl methyl sites for hydroxylation is 1. The third kappa shape index (κ3) is 3.40. The molecule has 0 aliphatic heterocycles. The molecule has 0 amide bonds. The zero-order valence-corrected chi connectivity index (χ0v) is 13.3. The van der Waals surface area contributed by atoms with E-state index in [4.69, 9.17) is 0 Å². The molecule has 0 bridgehead atoms. The number of nitro groups is 1. The van der Waals surface area contributed by atoms with Crippen molar-refractivity contribution < 1.29 is 13.3 Å². The molecule has 2 aromatic rings. The van der Waals surface area contributed by atoms with E-state index in [9.17, 15) is 18.5 Å². The van der Waals surface area contributed by atoms with Gasteiger partial charge in [0.15, 0.2) is 4.90 Å². The summed E-state index contributed by atoms with van der Waals surface area (Å²) in [5, 5.41) is 10.9. The second kappa shape index (κ2) is 5.82. The van der Waals surface area contributed by atoms with Crippen molar-refractivity contribution in [2.24, 2.45) is 0 Å². The predicted molar refractivity (Wildman–Crippen MR) is 82.8 cm³/mol. The van der Waals surface area contributed by atoms with E-state index in [0.717, 1.165) is 16.1 Å². The summed E-state index contributed by atoms with van der Waals surface area (Å²) in [5.74, 6) is 0. The van der Waals surface area contributed by atoms with Crippen molar-refractivity contribution in [2.75, 3.05) is 4.72 Å². The van der Waals surface area contributed by atoms with Crippen LogP contribution < -0.4 is 4.72 Å². The van der Waals surface area contributed by atoms with Gasteiger partial charge in [-0.1, -0.05) is 28.1 Å². The number of para-hydroxylation sites is 1. The molecule has 0 aliphatic rings. The lowest BCUT2D eigenvalue weighted by Crippen LogP contribution is -2.14. The average molecular weight is 371 g/mol. The normalized spacial score (nSPS) is 11.1. The molecule has 0 aliphatic carbocycles. The average Bonchev–Trinajstić information content (AvgIpc) is 2.42. The van der Waals surface area contributed by atoms with Crippen LogP contribution in [0.25, 0.3) is 0 Å². The van der Waals surface area contributed by atoms with Gasteiger partial charge in [-0.15, -0.1) is 0 Å². The van der Waals surface area contributed by atoms with Gasteiger partial charge in [0, 0.05) is 16.2 Å². The minimum Gasteiger partial charge on any atom is -0.279 e. The van der Waals surface area contributed by atoms with Crippen molar-refractivity contribution in [3.63, 3.8) is 0 Å². The Morgan fingerprint density at radius 3 is 2.48 bits per heavy atom. The molecule has 21 heavy (non-hydrogen) atoms. The fraction of sp³-hybridized carbons (Fsp3) is 0.0769. The zero-order chi connectivity index (χ0) is 15.6. The van der Waals surface area contributed by atoms with Crippen LogP contribution in [0.1, 0.15) is 5.56 Å². The van der Waals surface area contributed by atoms with Gasteiger partial charge in [-0.25, -0.2) is 8.42 Å². The summed E-state index contributed by atoms with van der Waals surface area (Å²) in [4.78, 5) is 9.84. The van der Waals surface area contributed by atoms with E-state index in [1.54, 1.807) is 18.2 Å². The Morgan fingerprint density at radius 2 is 1.86 bits per heavy atom. The van der Waals surface area contributed by atoms with Crippen LogP contribution in [-0.2, 0) is 10.0 Å². The van der Waals surface area contributed by atoms with Crippen LogP contribution in [0.5, 0.6) is 0 Å². The molecule has 0 aromatic heterocycles. The van der Waals surface area contributed by atoms with Crippen LogP contribution in [0.15, 0.2) is 51.8 Å². The summed E-state index contributed by atoms with van der Waals surface area (Å²) < 4.78 is 27.8. The molecular formula is C13H11BrN2O4S. The molecule has 0 fully saturated rings. The standard InChI is InChI=1S/C13H11BrN2O4S/c1-9-8-10(6-7-11(9)14)15-21(19,20)13-5-3-2-4-12(13)16(17)18/h2-8,15H,1H3. The molecule has 0 saturated carbocycles. The van der Waals surface area contributed by atoms with Gasteiger partial charge in [-0.2, -0.15) is 0 Å². The highest BCUT2D eigenvalue weighted by molar-refractivity contribution is 9.10. The van der Waals surface area contributed by atoms with Gasteiger partial charge in [0.2, 0.25) is 0 Å². The SMILES string of the molecule is Cc1cc(NS(=O)(=O)c2ccccc2[N+](=O)[O-])ccc1Br. The lowest BCUT2D eigenvalue weighted by molar-refractivity contribution is -0.387. The largest absolute Gasteiger partial charge is 0.289 e. The highest BCUT2D eigenvalue weighted by Gasteiger charge is 2.25. The summed E-state index contributed by atoms with van der Waals surface area (Å²) in [5.41, 5.74) is 0.727. The minimum absolute atomic E-state index is 0.342. The van der Waals surface area contributed by atoms with E-state index in [1.165, 1.54) is 18.2 Å². The van der Waals surface area contributed by atoms with Crippen molar-refractivity contribution in [1.82, 2.24) is 0 Å². The maximum absolute atomic E-state index is 12.3. The van der Waals surface area contributed by atoms with Gasteiger partial charge in [-0.3, -0.25) is 14.8 Å². The van der Waals surface area contributed by atoms with Crippen LogP contribution >= 0.6 is 15.9 Å². The van der Waals surface area contributed by atoms with E-state index in [-0.39, 0.29) is 4.90 Å². The Hall–Kier alpha value is -1.93. The highest BCUT2D eigenvalue weighted by atomic mass is 79.9. The fourth-order valence-electron chi connectivity index (χ4n) is 1.75. The van der Waals surface area contributed by atoms with E-state index >= 15 is 0 Å². The van der Waals surface area contributed by atoms with Crippen LogP contribution in [0.3, 0.4) is 0 Å². The molecule has 0 radical (unpaired) electrons. The summed E-state index contributed by atoms with van der Waals surface area (Å²) in [6.07, 6.45) is 0. The van der Waals surface area contributed by atoms with Crippen LogP contribution in [-0.4, -0.2) is 13.3 Å². The van der Waals surface area contributed by atoms with Crippen LogP contribution in [0, 0.1) is 17.0 Å². The molecule has 2 aromatic carbocycles. The highest BCUT2D eigenvalue weighted by Crippen LogP contribution is 2.26. The molecule has 8 heteroatoms. The van der Waals surface area contributed by atoms with E-state index < -0.39 is 20.6 Å². The first-order chi connectivity index (χ1) is 9.81. The molecule has 0 atom stereocenters. The number of benzene rings is 2. The number of nitrogens with one attached hydrogen (secondary N) is 1. The maximum atomic E-state index is 12.3. The molecule has 2 rings (SSSR count). The van der Waals surface area contributed by atoms with Gasteiger partial charge < -0.3 is 0 Å². The van der Waals surface area contributed by atoms with Crippen molar-refractivity contribution in [1.29, 1.82) is 0 Å². The lowest BCUT2D eigenvalue weighted by Gasteiger charge is -2.09. The fourth-order valence-corrected chi connectivity index (χ4v) is 3.22. The predicted octanol–water partition coefficient (Wildman–Crippen LogP) is 3.47. The number of halogens is 1. The molecule has 0 spiro atoms. The Balaban J connectivity index is 2.43. The van der Waals surface area contributed by atoms with E-state index in [2.05, 4.69) is 20.7 Å². The second-order valence-electron chi connectivity index (χ2n) is 4.29. The second-order valence-corrected chi connectivity index (χ2v) is 6.80. The number of hydrogen-bond acceptors (Lipinski definition) is 4. The van der Waals surface area contributed by atoms with E-state index in [0.29, 0.717) is 5.69 Å². The maximum Gasteiger partial charge on any atom is 0.289 e. The molecular weight excluding hydrogens is 360 g/mol. The van der Waals surface area contributed by atoms with Gasteiger partial charge in [0.25, 0.3) is 15.7 Å². The third-order valence-electron chi connectivity index (χ3n) is 2.76. The van der Waals surface area contributed by atoms with Gasteiger partial charge in [0.05, 0.1) is 4.92 Å². The number of rotatable bonds is 4. The Morgan fingerprint density at radius 1 is 1.19 bits per heavy atom. The summed E-state index contributed by atoms with van der Waals surface area (Å²) in [6.45, 7) is 1.81. The first kappa shape index (κ1) is 15.5. The zero-order valence-electron chi connectivity index (χ0n) is 10.9. The summed E-state index contributed by atoms with van der Waals surface area (Å²) in [6, 6.07) is 10.1. The monoisotopic (exact) mass is 370 g/mol. The molecule has 0 heterocycles.